The summed E-state index contributed by atoms with van der Waals surface area (Å²) in [6.45, 7) is 4.19. The molecule has 0 aliphatic carbocycles. The lowest BCUT2D eigenvalue weighted by atomic mass is 10.2. The van der Waals surface area contributed by atoms with E-state index in [1.165, 1.54) is 0 Å². The average molecular weight is 174 g/mol. The maximum atomic E-state index is 10.9. The molecule has 0 fully saturated rings. The summed E-state index contributed by atoms with van der Waals surface area (Å²) >= 11 is 0. The van der Waals surface area contributed by atoms with Crippen LogP contribution < -0.4 is 0 Å². The molecule has 3 nitrogen and oxygen atoms in total. The first-order valence-electron chi connectivity index (χ1n) is 4.50. The third-order valence-electron chi connectivity index (χ3n) is 1.47. The Balaban J connectivity index is 3.20. The normalized spacial score (nSPS) is 12.6. The van der Waals surface area contributed by atoms with Gasteiger partial charge in [-0.3, -0.25) is 4.79 Å². The zero-order chi connectivity index (χ0) is 9.40. The summed E-state index contributed by atoms with van der Waals surface area (Å²) in [5.74, 6) is -0.155. The fraction of sp³-hybridized carbons (Fsp3) is 0.889. The molecule has 1 N–H and O–H groups in total. The van der Waals surface area contributed by atoms with Crippen LogP contribution in [-0.2, 0) is 9.53 Å². The van der Waals surface area contributed by atoms with Crippen molar-refractivity contribution in [3.8, 4) is 0 Å². The molecule has 0 heterocycles. The van der Waals surface area contributed by atoms with Crippen molar-refractivity contribution < 1.29 is 14.6 Å². The minimum atomic E-state index is -0.316. The van der Waals surface area contributed by atoms with Crippen molar-refractivity contribution in [2.45, 2.75) is 45.6 Å². The van der Waals surface area contributed by atoms with E-state index < -0.39 is 0 Å². The number of ether oxygens (including phenoxy) is 1. The van der Waals surface area contributed by atoms with Gasteiger partial charge < -0.3 is 9.84 Å². The van der Waals surface area contributed by atoms with Crippen LogP contribution in [0, 0.1) is 0 Å². The van der Waals surface area contributed by atoms with Crippen molar-refractivity contribution in [3.05, 3.63) is 0 Å². The van der Waals surface area contributed by atoms with Crippen LogP contribution in [0.15, 0.2) is 0 Å². The number of hydrogen-bond donors (Lipinski definition) is 1. The fourth-order valence-electron chi connectivity index (χ4n) is 0.830. The topological polar surface area (TPSA) is 46.5 Å². The summed E-state index contributed by atoms with van der Waals surface area (Å²) in [5.41, 5.74) is 0. The van der Waals surface area contributed by atoms with Gasteiger partial charge >= 0.3 is 5.97 Å². The number of rotatable bonds is 6. The van der Waals surface area contributed by atoms with Crippen LogP contribution in [0.25, 0.3) is 0 Å². The van der Waals surface area contributed by atoms with Gasteiger partial charge in [-0.05, 0) is 26.2 Å². The van der Waals surface area contributed by atoms with Crippen LogP contribution in [0.2, 0.25) is 0 Å². The van der Waals surface area contributed by atoms with Gasteiger partial charge in [-0.1, -0.05) is 6.92 Å². The van der Waals surface area contributed by atoms with E-state index in [0.29, 0.717) is 25.9 Å². The second kappa shape index (κ2) is 7.10. The molecule has 0 aliphatic heterocycles. The van der Waals surface area contributed by atoms with E-state index in [2.05, 4.69) is 0 Å². The van der Waals surface area contributed by atoms with E-state index in [-0.39, 0.29) is 12.1 Å². The lowest BCUT2D eigenvalue weighted by Crippen LogP contribution is -2.07. The smallest absolute Gasteiger partial charge is 0.305 e. The Bertz CT molecular complexity index is 121. The molecule has 0 aromatic rings. The Hall–Kier alpha value is -0.570. The summed E-state index contributed by atoms with van der Waals surface area (Å²) in [4.78, 5) is 10.9. The van der Waals surface area contributed by atoms with E-state index >= 15 is 0 Å². The van der Waals surface area contributed by atoms with E-state index in [0.717, 1.165) is 6.42 Å². The lowest BCUT2D eigenvalue weighted by molar-refractivity contribution is -0.143. The third kappa shape index (κ3) is 7.54. The largest absolute Gasteiger partial charge is 0.466 e. The van der Waals surface area contributed by atoms with Gasteiger partial charge in [0.1, 0.15) is 0 Å². The quantitative estimate of drug-likeness (QED) is 0.620. The van der Waals surface area contributed by atoms with Gasteiger partial charge in [-0.2, -0.15) is 0 Å². The monoisotopic (exact) mass is 174 g/mol. The standard InChI is InChI=1S/C9H18O3/c1-3-7-12-9(11)6-4-5-8(2)10/h8,10H,3-7H2,1-2H3. The van der Waals surface area contributed by atoms with Gasteiger partial charge in [0.25, 0.3) is 0 Å². The molecule has 0 bridgehead atoms. The Morgan fingerprint density at radius 1 is 1.58 bits per heavy atom. The molecule has 72 valence electrons. The summed E-state index contributed by atoms with van der Waals surface area (Å²) in [6, 6.07) is 0. The van der Waals surface area contributed by atoms with Crippen LogP contribution in [0.4, 0.5) is 0 Å². The molecule has 0 rings (SSSR count). The summed E-state index contributed by atoms with van der Waals surface area (Å²) in [5, 5.41) is 8.89. The van der Waals surface area contributed by atoms with E-state index in [4.69, 9.17) is 9.84 Å². The molecule has 3 heteroatoms. The number of esters is 1. The van der Waals surface area contributed by atoms with Gasteiger partial charge in [0.15, 0.2) is 0 Å². The molecule has 0 saturated heterocycles. The summed E-state index contributed by atoms with van der Waals surface area (Å²) in [6.07, 6.45) is 2.35. The molecular formula is C9H18O3. The molecule has 1 atom stereocenters. The van der Waals surface area contributed by atoms with Gasteiger partial charge in [0.2, 0.25) is 0 Å². The maximum Gasteiger partial charge on any atom is 0.305 e. The van der Waals surface area contributed by atoms with Crippen LogP contribution in [-0.4, -0.2) is 23.8 Å². The molecular weight excluding hydrogens is 156 g/mol. The molecule has 1 unspecified atom stereocenters. The summed E-state index contributed by atoms with van der Waals surface area (Å²) in [7, 11) is 0. The minimum Gasteiger partial charge on any atom is -0.466 e. The van der Waals surface area contributed by atoms with Crippen molar-refractivity contribution in [3.63, 3.8) is 0 Å². The second-order valence-corrected chi connectivity index (χ2v) is 2.96. The molecule has 12 heavy (non-hydrogen) atoms. The highest BCUT2D eigenvalue weighted by Crippen LogP contribution is 2.01. The third-order valence-corrected chi connectivity index (χ3v) is 1.47. The van der Waals surface area contributed by atoms with E-state index in [1.807, 2.05) is 6.92 Å². The molecule has 0 radical (unpaired) electrons. The SMILES string of the molecule is CCCOC(=O)CCCC(C)O. The van der Waals surface area contributed by atoms with Crippen molar-refractivity contribution in [1.82, 2.24) is 0 Å². The Kier molecular flexibility index (Phi) is 6.76. The Morgan fingerprint density at radius 3 is 2.75 bits per heavy atom. The first-order chi connectivity index (χ1) is 5.66. The minimum absolute atomic E-state index is 0.155. The highest BCUT2D eigenvalue weighted by Gasteiger charge is 2.02. The number of carbonyl (C=O) groups is 1. The van der Waals surface area contributed by atoms with Crippen LogP contribution in [0.5, 0.6) is 0 Å². The lowest BCUT2D eigenvalue weighted by Gasteiger charge is -2.04. The number of carbonyl (C=O) groups excluding carboxylic acids is 1. The molecule has 0 saturated carbocycles. The number of aliphatic hydroxyl groups is 1. The highest BCUT2D eigenvalue weighted by atomic mass is 16.5. The zero-order valence-electron chi connectivity index (χ0n) is 7.88. The molecule has 0 aromatic carbocycles. The zero-order valence-corrected chi connectivity index (χ0v) is 7.88. The molecule has 0 aliphatic rings. The maximum absolute atomic E-state index is 10.9. The Labute approximate surface area is 73.7 Å². The predicted octanol–water partition coefficient (Wildman–Crippen LogP) is 1.49. The number of aliphatic hydroxyl groups excluding tert-OH is 1. The van der Waals surface area contributed by atoms with Crippen molar-refractivity contribution in [1.29, 1.82) is 0 Å². The van der Waals surface area contributed by atoms with Gasteiger partial charge in [0, 0.05) is 6.42 Å². The fourth-order valence-corrected chi connectivity index (χ4v) is 0.830. The van der Waals surface area contributed by atoms with Crippen LogP contribution in [0.1, 0.15) is 39.5 Å². The first-order valence-corrected chi connectivity index (χ1v) is 4.50. The van der Waals surface area contributed by atoms with Gasteiger partial charge in [-0.15, -0.1) is 0 Å². The summed E-state index contributed by atoms with van der Waals surface area (Å²) < 4.78 is 4.85. The molecule has 0 aromatic heterocycles. The van der Waals surface area contributed by atoms with Crippen molar-refractivity contribution in [2.75, 3.05) is 6.61 Å². The average Bonchev–Trinajstić information content (AvgIpc) is 2.00. The van der Waals surface area contributed by atoms with Crippen molar-refractivity contribution >= 4 is 5.97 Å². The van der Waals surface area contributed by atoms with Gasteiger partial charge in [-0.25, -0.2) is 0 Å². The predicted molar refractivity (Wildman–Crippen MR) is 46.8 cm³/mol. The number of hydrogen-bond acceptors (Lipinski definition) is 3. The van der Waals surface area contributed by atoms with E-state index in [1.54, 1.807) is 6.92 Å². The van der Waals surface area contributed by atoms with Crippen LogP contribution in [0.3, 0.4) is 0 Å². The Morgan fingerprint density at radius 2 is 2.25 bits per heavy atom. The highest BCUT2D eigenvalue weighted by molar-refractivity contribution is 5.69. The second-order valence-electron chi connectivity index (χ2n) is 2.96. The molecule has 0 amide bonds. The van der Waals surface area contributed by atoms with E-state index in [9.17, 15) is 4.79 Å². The first kappa shape index (κ1) is 11.4. The molecule has 0 spiro atoms. The van der Waals surface area contributed by atoms with Gasteiger partial charge in [0.05, 0.1) is 12.7 Å². The van der Waals surface area contributed by atoms with Crippen molar-refractivity contribution in [2.24, 2.45) is 0 Å². The van der Waals surface area contributed by atoms with Crippen LogP contribution >= 0.6 is 0 Å².